The molecule has 1 aromatic rings. The largest absolute Gasteiger partial charge is 0.480 e. The molecule has 2 fully saturated rings. The molecule has 3 heteroatoms. The third kappa shape index (κ3) is 1.95. The third-order valence-corrected chi connectivity index (χ3v) is 4.14. The van der Waals surface area contributed by atoms with Gasteiger partial charge in [-0.3, -0.25) is 9.69 Å². The summed E-state index contributed by atoms with van der Waals surface area (Å²) in [5.41, 5.74) is 1.38. The summed E-state index contributed by atoms with van der Waals surface area (Å²) in [6.07, 6.45) is 3.73. The van der Waals surface area contributed by atoms with Crippen LogP contribution in [-0.2, 0) is 4.79 Å². The van der Waals surface area contributed by atoms with Gasteiger partial charge in [0, 0.05) is 6.54 Å². The maximum absolute atomic E-state index is 11.5. The minimum atomic E-state index is -0.728. The van der Waals surface area contributed by atoms with Crippen LogP contribution in [0.2, 0.25) is 0 Å². The smallest absolute Gasteiger partial charge is 0.325 e. The van der Waals surface area contributed by atoms with Crippen molar-refractivity contribution >= 4 is 5.97 Å². The lowest BCUT2D eigenvalue weighted by molar-refractivity contribution is -0.143. The molecule has 2 aliphatic rings. The predicted molar refractivity (Wildman–Crippen MR) is 64.7 cm³/mol. The van der Waals surface area contributed by atoms with Crippen LogP contribution in [0.4, 0.5) is 0 Å². The summed E-state index contributed by atoms with van der Waals surface area (Å²) in [4.78, 5) is 13.6. The maximum atomic E-state index is 11.5. The van der Waals surface area contributed by atoms with Gasteiger partial charge in [0.15, 0.2) is 0 Å². The van der Waals surface area contributed by atoms with E-state index < -0.39 is 12.0 Å². The lowest BCUT2D eigenvalue weighted by atomic mass is 10.1. The summed E-state index contributed by atoms with van der Waals surface area (Å²) in [5, 5.41) is 9.44. The molecule has 1 saturated heterocycles. The Hall–Kier alpha value is -1.35. The van der Waals surface area contributed by atoms with E-state index in [9.17, 15) is 9.90 Å². The second-order valence-corrected chi connectivity index (χ2v) is 5.37. The topological polar surface area (TPSA) is 40.5 Å². The van der Waals surface area contributed by atoms with Gasteiger partial charge in [-0.2, -0.15) is 0 Å². The molecule has 0 amide bonds. The summed E-state index contributed by atoms with van der Waals surface area (Å²) < 4.78 is 0. The Balaban J connectivity index is 1.83. The van der Waals surface area contributed by atoms with E-state index >= 15 is 0 Å². The van der Waals surface area contributed by atoms with E-state index in [1.165, 1.54) is 19.3 Å². The van der Waals surface area contributed by atoms with E-state index in [0.717, 1.165) is 18.7 Å². The molecule has 1 N–H and O–H groups in total. The predicted octanol–water partition coefficient (Wildman–Crippen LogP) is 2.30. The van der Waals surface area contributed by atoms with Crippen LogP contribution in [0, 0.1) is 5.41 Å². The minimum absolute atomic E-state index is 0.462. The summed E-state index contributed by atoms with van der Waals surface area (Å²) in [7, 11) is 0. The van der Waals surface area contributed by atoms with Crippen molar-refractivity contribution in [3.63, 3.8) is 0 Å². The van der Waals surface area contributed by atoms with Gasteiger partial charge in [-0.25, -0.2) is 0 Å². The van der Waals surface area contributed by atoms with E-state index in [2.05, 4.69) is 4.90 Å². The Morgan fingerprint density at radius 2 is 1.94 bits per heavy atom. The fourth-order valence-electron chi connectivity index (χ4n) is 2.92. The molecule has 1 aliphatic carbocycles. The van der Waals surface area contributed by atoms with Crippen molar-refractivity contribution in [3.8, 4) is 0 Å². The highest BCUT2D eigenvalue weighted by atomic mass is 16.4. The van der Waals surface area contributed by atoms with Gasteiger partial charge in [-0.1, -0.05) is 30.3 Å². The fourth-order valence-corrected chi connectivity index (χ4v) is 2.92. The van der Waals surface area contributed by atoms with Gasteiger partial charge in [-0.15, -0.1) is 0 Å². The van der Waals surface area contributed by atoms with Gasteiger partial charge in [0.05, 0.1) is 0 Å². The minimum Gasteiger partial charge on any atom is -0.480 e. The van der Waals surface area contributed by atoms with E-state index in [4.69, 9.17) is 0 Å². The van der Waals surface area contributed by atoms with Gasteiger partial charge >= 0.3 is 5.97 Å². The highest BCUT2D eigenvalue weighted by Gasteiger charge is 2.50. The summed E-state index contributed by atoms with van der Waals surface area (Å²) in [6, 6.07) is 9.11. The molecule has 3 nitrogen and oxygen atoms in total. The first-order valence-corrected chi connectivity index (χ1v) is 6.22. The van der Waals surface area contributed by atoms with Crippen LogP contribution in [0.3, 0.4) is 0 Å². The summed E-state index contributed by atoms with van der Waals surface area (Å²) in [5.74, 6) is -0.728. The van der Waals surface area contributed by atoms with E-state index in [1.54, 1.807) is 0 Å². The van der Waals surface area contributed by atoms with Gasteiger partial charge in [0.1, 0.15) is 6.04 Å². The van der Waals surface area contributed by atoms with E-state index in [1.807, 2.05) is 30.3 Å². The number of carboxylic acid groups (broad SMARTS) is 1. The standard InChI is InChI=1S/C14H17NO2/c16-13(17)12(11-4-2-1-3-5-11)15-9-8-14(10-15)6-7-14/h1-5,12H,6-10H2,(H,16,17). The fraction of sp³-hybridized carbons (Fsp3) is 0.500. The molecule has 1 saturated carbocycles. The molecule has 1 aliphatic heterocycles. The zero-order valence-corrected chi connectivity index (χ0v) is 9.80. The van der Waals surface area contributed by atoms with Gasteiger partial charge in [0.2, 0.25) is 0 Å². The zero-order chi connectivity index (χ0) is 11.9. The lowest BCUT2D eigenvalue weighted by Gasteiger charge is -2.24. The van der Waals surface area contributed by atoms with Crippen molar-refractivity contribution in [2.24, 2.45) is 5.41 Å². The first kappa shape index (κ1) is 10.8. The van der Waals surface area contributed by atoms with Crippen LogP contribution in [0.5, 0.6) is 0 Å². The average molecular weight is 231 g/mol. The third-order valence-electron chi connectivity index (χ3n) is 4.14. The van der Waals surface area contributed by atoms with Gasteiger partial charge < -0.3 is 5.11 Å². The van der Waals surface area contributed by atoms with Crippen molar-refractivity contribution < 1.29 is 9.90 Å². The van der Waals surface area contributed by atoms with Crippen molar-refractivity contribution in [1.82, 2.24) is 4.90 Å². The molecular formula is C14H17NO2. The normalized spacial score (nSPS) is 23.8. The van der Waals surface area contributed by atoms with Crippen LogP contribution >= 0.6 is 0 Å². The Kier molecular flexibility index (Phi) is 2.44. The number of hydrogen-bond donors (Lipinski definition) is 1. The SMILES string of the molecule is O=C(O)C(c1ccccc1)N1CCC2(CC2)C1. The van der Waals surface area contributed by atoms with Crippen molar-refractivity contribution in [3.05, 3.63) is 35.9 Å². The quantitative estimate of drug-likeness (QED) is 0.867. The Labute approximate surface area is 101 Å². The number of likely N-dealkylation sites (tertiary alicyclic amines) is 1. The number of hydrogen-bond acceptors (Lipinski definition) is 2. The Bertz CT molecular complexity index is 425. The van der Waals surface area contributed by atoms with Gasteiger partial charge in [0.25, 0.3) is 0 Å². The number of carboxylic acids is 1. The maximum Gasteiger partial charge on any atom is 0.325 e. The highest BCUT2D eigenvalue weighted by Crippen LogP contribution is 2.53. The highest BCUT2D eigenvalue weighted by molar-refractivity contribution is 5.75. The summed E-state index contributed by atoms with van der Waals surface area (Å²) in [6.45, 7) is 1.88. The molecule has 3 rings (SSSR count). The Morgan fingerprint density at radius 3 is 2.47 bits per heavy atom. The molecular weight excluding hydrogens is 214 g/mol. The number of nitrogens with zero attached hydrogens (tertiary/aromatic N) is 1. The van der Waals surface area contributed by atoms with Crippen LogP contribution in [0.15, 0.2) is 30.3 Å². The Morgan fingerprint density at radius 1 is 1.24 bits per heavy atom. The van der Waals surface area contributed by atoms with Gasteiger partial charge in [-0.05, 0) is 36.8 Å². The van der Waals surface area contributed by atoms with E-state index in [0.29, 0.717) is 5.41 Å². The van der Waals surface area contributed by atoms with Crippen molar-refractivity contribution in [2.75, 3.05) is 13.1 Å². The summed E-state index contributed by atoms with van der Waals surface area (Å²) >= 11 is 0. The first-order valence-electron chi connectivity index (χ1n) is 6.22. The van der Waals surface area contributed by atoms with E-state index in [-0.39, 0.29) is 0 Å². The first-order chi connectivity index (χ1) is 8.20. The second-order valence-electron chi connectivity index (χ2n) is 5.37. The number of aliphatic carboxylic acids is 1. The monoisotopic (exact) mass is 231 g/mol. The van der Waals surface area contributed by atoms with Crippen LogP contribution in [0.25, 0.3) is 0 Å². The molecule has 1 spiro atoms. The molecule has 1 heterocycles. The molecule has 1 aromatic carbocycles. The van der Waals surface area contributed by atoms with Crippen molar-refractivity contribution in [2.45, 2.75) is 25.3 Å². The number of benzene rings is 1. The molecule has 0 bridgehead atoms. The average Bonchev–Trinajstić information content (AvgIpc) is 2.94. The molecule has 0 radical (unpaired) electrons. The molecule has 0 aromatic heterocycles. The molecule has 90 valence electrons. The second kappa shape index (κ2) is 3.84. The molecule has 1 unspecified atom stereocenters. The zero-order valence-electron chi connectivity index (χ0n) is 9.80. The molecule has 1 atom stereocenters. The van der Waals surface area contributed by atoms with Crippen LogP contribution < -0.4 is 0 Å². The number of carbonyl (C=O) groups is 1. The number of rotatable bonds is 3. The van der Waals surface area contributed by atoms with Crippen molar-refractivity contribution in [1.29, 1.82) is 0 Å². The van der Waals surface area contributed by atoms with Crippen LogP contribution in [0.1, 0.15) is 30.9 Å². The van der Waals surface area contributed by atoms with Crippen LogP contribution in [-0.4, -0.2) is 29.1 Å². The molecule has 17 heavy (non-hydrogen) atoms. The lowest BCUT2D eigenvalue weighted by Crippen LogP contribution is -2.32.